The van der Waals surface area contributed by atoms with Gasteiger partial charge in [-0.3, -0.25) is 0 Å². The minimum absolute atomic E-state index is 0.331. The topological polar surface area (TPSA) is 57.5 Å². The third-order valence-corrected chi connectivity index (χ3v) is 0.881. The highest BCUT2D eigenvalue weighted by molar-refractivity contribution is 5.78. The molecule has 0 aliphatic carbocycles. The van der Waals surface area contributed by atoms with Crippen LogP contribution < -0.4 is 0 Å². The summed E-state index contributed by atoms with van der Waals surface area (Å²) in [6.07, 6.45) is 1.76. The van der Waals surface area contributed by atoms with Crippen LogP contribution in [0.5, 0.6) is 0 Å². The SMILES string of the molecule is C=CC(=O)O.CC(C)CCO. The second-order valence-corrected chi connectivity index (χ2v) is 2.45. The lowest BCUT2D eigenvalue weighted by Crippen LogP contribution is -1.89. The van der Waals surface area contributed by atoms with Gasteiger partial charge in [0.1, 0.15) is 0 Å². The molecule has 0 saturated carbocycles. The lowest BCUT2D eigenvalue weighted by atomic mass is 10.2. The van der Waals surface area contributed by atoms with Gasteiger partial charge in [0.05, 0.1) is 0 Å². The first-order chi connectivity index (χ1) is 5.04. The second-order valence-electron chi connectivity index (χ2n) is 2.45. The molecule has 0 atom stereocenters. The quantitative estimate of drug-likeness (QED) is 0.611. The first-order valence-corrected chi connectivity index (χ1v) is 3.50. The van der Waals surface area contributed by atoms with Crippen molar-refractivity contribution in [2.24, 2.45) is 5.92 Å². The molecule has 0 unspecified atom stereocenters. The molecular formula is C8H16O3. The maximum Gasteiger partial charge on any atom is 0.327 e. The van der Waals surface area contributed by atoms with Crippen molar-refractivity contribution in [2.75, 3.05) is 6.61 Å². The van der Waals surface area contributed by atoms with Crippen LogP contribution in [0.2, 0.25) is 0 Å². The van der Waals surface area contributed by atoms with Gasteiger partial charge in [0.25, 0.3) is 0 Å². The van der Waals surface area contributed by atoms with E-state index in [1.165, 1.54) is 0 Å². The summed E-state index contributed by atoms with van der Waals surface area (Å²) in [5, 5.41) is 15.8. The Bertz CT molecular complexity index is 108. The summed E-state index contributed by atoms with van der Waals surface area (Å²) in [6, 6.07) is 0. The van der Waals surface area contributed by atoms with Gasteiger partial charge in [-0.1, -0.05) is 20.4 Å². The predicted molar refractivity (Wildman–Crippen MR) is 44.4 cm³/mol. The van der Waals surface area contributed by atoms with E-state index in [-0.39, 0.29) is 0 Å². The Kier molecular flexibility index (Phi) is 10.7. The Morgan fingerprint density at radius 1 is 1.64 bits per heavy atom. The van der Waals surface area contributed by atoms with Crippen LogP contribution in [0.4, 0.5) is 0 Å². The van der Waals surface area contributed by atoms with E-state index in [0.29, 0.717) is 12.5 Å². The number of hydrogen-bond acceptors (Lipinski definition) is 2. The van der Waals surface area contributed by atoms with E-state index in [1.807, 2.05) is 0 Å². The van der Waals surface area contributed by atoms with Crippen molar-refractivity contribution in [1.29, 1.82) is 0 Å². The van der Waals surface area contributed by atoms with E-state index in [1.54, 1.807) is 0 Å². The minimum Gasteiger partial charge on any atom is -0.478 e. The minimum atomic E-state index is -0.981. The molecule has 0 heterocycles. The zero-order chi connectivity index (χ0) is 9.28. The number of aliphatic hydroxyl groups excluding tert-OH is 1. The van der Waals surface area contributed by atoms with Crippen LogP contribution in [-0.2, 0) is 4.79 Å². The van der Waals surface area contributed by atoms with E-state index in [4.69, 9.17) is 10.2 Å². The average molecular weight is 160 g/mol. The van der Waals surface area contributed by atoms with Gasteiger partial charge in [0, 0.05) is 12.7 Å². The fourth-order valence-corrected chi connectivity index (χ4v) is 0.258. The zero-order valence-electron chi connectivity index (χ0n) is 7.08. The molecule has 0 rings (SSSR count). The van der Waals surface area contributed by atoms with Gasteiger partial charge >= 0.3 is 5.97 Å². The lowest BCUT2D eigenvalue weighted by Gasteiger charge is -1.95. The van der Waals surface area contributed by atoms with Gasteiger partial charge in [-0.25, -0.2) is 4.79 Å². The molecule has 0 aromatic carbocycles. The standard InChI is InChI=1S/C5H12O.C3H4O2/c1-5(2)3-4-6;1-2-3(4)5/h5-6H,3-4H2,1-2H3;2H,1H2,(H,4,5). The van der Waals surface area contributed by atoms with Crippen molar-refractivity contribution in [3.05, 3.63) is 12.7 Å². The summed E-state index contributed by atoms with van der Waals surface area (Å²) in [4.78, 5) is 9.25. The molecule has 0 fully saturated rings. The summed E-state index contributed by atoms with van der Waals surface area (Å²) in [6.45, 7) is 7.48. The van der Waals surface area contributed by atoms with Gasteiger partial charge in [0.15, 0.2) is 0 Å². The summed E-state index contributed by atoms with van der Waals surface area (Å²) >= 11 is 0. The van der Waals surface area contributed by atoms with Crippen molar-refractivity contribution >= 4 is 5.97 Å². The highest BCUT2D eigenvalue weighted by Crippen LogP contribution is 1.94. The molecule has 0 saturated heterocycles. The largest absolute Gasteiger partial charge is 0.478 e. The first kappa shape index (κ1) is 12.8. The van der Waals surface area contributed by atoms with E-state index in [2.05, 4.69) is 20.4 Å². The smallest absolute Gasteiger partial charge is 0.327 e. The van der Waals surface area contributed by atoms with E-state index < -0.39 is 5.97 Å². The van der Waals surface area contributed by atoms with Crippen LogP contribution in [0.25, 0.3) is 0 Å². The van der Waals surface area contributed by atoms with Crippen molar-refractivity contribution in [3.8, 4) is 0 Å². The number of rotatable bonds is 3. The predicted octanol–water partition coefficient (Wildman–Crippen LogP) is 1.28. The first-order valence-electron chi connectivity index (χ1n) is 3.50. The van der Waals surface area contributed by atoms with Gasteiger partial charge < -0.3 is 10.2 Å². The number of aliphatic hydroxyl groups is 1. The van der Waals surface area contributed by atoms with E-state index in [9.17, 15) is 4.79 Å². The average Bonchev–Trinajstić information content (AvgIpc) is 1.89. The molecule has 3 nitrogen and oxygen atoms in total. The Morgan fingerprint density at radius 2 is 2.00 bits per heavy atom. The fraction of sp³-hybridized carbons (Fsp3) is 0.625. The number of hydrogen-bond donors (Lipinski definition) is 2. The molecule has 0 aromatic rings. The molecule has 0 aliphatic heterocycles. The van der Waals surface area contributed by atoms with Crippen LogP contribution in [-0.4, -0.2) is 22.8 Å². The summed E-state index contributed by atoms with van der Waals surface area (Å²) in [5.41, 5.74) is 0. The third-order valence-electron chi connectivity index (χ3n) is 0.881. The third kappa shape index (κ3) is 27.1. The number of carboxylic acids is 1. The van der Waals surface area contributed by atoms with Crippen molar-refractivity contribution in [1.82, 2.24) is 0 Å². The molecule has 0 aromatic heterocycles. The Hall–Kier alpha value is -0.830. The monoisotopic (exact) mass is 160 g/mol. The van der Waals surface area contributed by atoms with Crippen LogP contribution in [0.3, 0.4) is 0 Å². The lowest BCUT2D eigenvalue weighted by molar-refractivity contribution is -0.131. The maximum absolute atomic E-state index is 9.25. The van der Waals surface area contributed by atoms with Crippen molar-refractivity contribution in [3.63, 3.8) is 0 Å². The number of aliphatic carboxylic acids is 1. The van der Waals surface area contributed by atoms with Crippen LogP contribution in [0, 0.1) is 5.92 Å². The number of carbonyl (C=O) groups is 1. The van der Waals surface area contributed by atoms with Gasteiger partial charge in [-0.2, -0.15) is 0 Å². The van der Waals surface area contributed by atoms with Crippen LogP contribution >= 0.6 is 0 Å². The Morgan fingerprint density at radius 3 is 2.00 bits per heavy atom. The highest BCUT2D eigenvalue weighted by Gasteiger charge is 1.86. The molecule has 11 heavy (non-hydrogen) atoms. The molecule has 2 N–H and O–H groups in total. The van der Waals surface area contributed by atoms with E-state index in [0.717, 1.165) is 12.5 Å². The summed E-state index contributed by atoms with van der Waals surface area (Å²) in [7, 11) is 0. The van der Waals surface area contributed by atoms with Crippen molar-refractivity contribution < 1.29 is 15.0 Å². The second kappa shape index (κ2) is 9.17. The molecule has 0 spiro atoms. The van der Waals surface area contributed by atoms with Crippen LogP contribution in [0.15, 0.2) is 12.7 Å². The molecule has 0 amide bonds. The van der Waals surface area contributed by atoms with Gasteiger partial charge in [0.2, 0.25) is 0 Å². The molecule has 66 valence electrons. The van der Waals surface area contributed by atoms with Crippen molar-refractivity contribution in [2.45, 2.75) is 20.3 Å². The van der Waals surface area contributed by atoms with Gasteiger partial charge in [-0.05, 0) is 12.3 Å². The molecule has 0 radical (unpaired) electrons. The molecular weight excluding hydrogens is 144 g/mol. The van der Waals surface area contributed by atoms with Gasteiger partial charge in [-0.15, -0.1) is 0 Å². The maximum atomic E-state index is 9.25. The van der Waals surface area contributed by atoms with E-state index >= 15 is 0 Å². The molecule has 0 bridgehead atoms. The Labute approximate surface area is 67.4 Å². The fourth-order valence-electron chi connectivity index (χ4n) is 0.258. The highest BCUT2D eigenvalue weighted by atomic mass is 16.4. The molecule has 0 aliphatic rings. The summed E-state index contributed by atoms with van der Waals surface area (Å²) < 4.78 is 0. The normalized spacial score (nSPS) is 8.36. The molecule has 3 heteroatoms. The number of carboxylic acid groups (broad SMARTS) is 1. The summed E-state index contributed by atoms with van der Waals surface area (Å²) in [5.74, 6) is -0.333. The zero-order valence-corrected chi connectivity index (χ0v) is 7.08. The van der Waals surface area contributed by atoms with Crippen LogP contribution in [0.1, 0.15) is 20.3 Å². The Balaban J connectivity index is 0.